The van der Waals surface area contributed by atoms with E-state index in [9.17, 15) is 10.2 Å². The van der Waals surface area contributed by atoms with Gasteiger partial charge in [0.25, 0.3) is 0 Å². The second-order valence-corrected chi connectivity index (χ2v) is 4.59. The minimum Gasteiger partial charge on any atom is -0.382 e. The third kappa shape index (κ3) is 1.67. The van der Waals surface area contributed by atoms with Gasteiger partial charge in [-0.1, -0.05) is 11.6 Å². The van der Waals surface area contributed by atoms with Gasteiger partial charge in [-0.25, -0.2) is 0 Å². The van der Waals surface area contributed by atoms with E-state index in [0.29, 0.717) is 12.8 Å². The molecule has 1 aliphatic carbocycles. The van der Waals surface area contributed by atoms with Crippen LogP contribution in [0.4, 0.5) is 0 Å². The molecular weight excluding hydrogens is 215 g/mol. The normalized spacial score (nSPS) is 46.8. The van der Waals surface area contributed by atoms with Crippen molar-refractivity contribution in [3.05, 3.63) is 0 Å². The summed E-state index contributed by atoms with van der Waals surface area (Å²) in [6.07, 6.45) is 0.339. The Morgan fingerprint density at radius 3 is 2.31 bits per heavy atom. The summed E-state index contributed by atoms with van der Waals surface area (Å²) in [5.74, 6) is 0. The van der Waals surface area contributed by atoms with Crippen molar-refractivity contribution in [2.45, 2.75) is 41.5 Å². The smallest absolute Gasteiger partial charge is 0.186 e. The molecule has 78 valence electrons. The first-order valence-electron chi connectivity index (χ1n) is 4.11. The molecule has 6 heteroatoms. The molecule has 0 spiro atoms. The van der Waals surface area contributed by atoms with Gasteiger partial charge in [0.15, 0.2) is 5.06 Å². The van der Waals surface area contributed by atoms with E-state index in [1.807, 2.05) is 0 Å². The predicted molar refractivity (Wildman–Crippen MR) is 51.4 cm³/mol. The first-order valence-corrected chi connectivity index (χ1v) is 4.92. The second kappa shape index (κ2) is 3.53. The van der Waals surface area contributed by atoms with E-state index < -0.39 is 22.2 Å². The Bertz CT molecular complexity index is 201. The SMILES string of the molecule is NC(N)C1(O)CCCC(Cl)C1(O)Cl. The minimum absolute atomic E-state index is 0.258. The first kappa shape index (κ1) is 11.5. The molecular formula is C7H14Cl2N2O2. The van der Waals surface area contributed by atoms with E-state index in [2.05, 4.69) is 0 Å². The molecule has 13 heavy (non-hydrogen) atoms. The molecule has 6 N–H and O–H groups in total. The summed E-state index contributed by atoms with van der Waals surface area (Å²) in [7, 11) is 0. The highest BCUT2D eigenvalue weighted by Crippen LogP contribution is 2.43. The van der Waals surface area contributed by atoms with Crippen molar-refractivity contribution in [3.63, 3.8) is 0 Å². The Labute approximate surface area is 86.8 Å². The Hall–Kier alpha value is 0.420. The molecule has 0 aliphatic heterocycles. The number of hydrogen-bond donors (Lipinski definition) is 4. The van der Waals surface area contributed by atoms with E-state index in [4.69, 9.17) is 34.7 Å². The third-order valence-electron chi connectivity index (χ3n) is 2.59. The lowest BCUT2D eigenvalue weighted by atomic mass is 9.79. The summed E-state index contributed by atoms with van der Waals surface area (Å²) >= 11 is 11.5. The number of halogens is 2. The molecule has 1 aliphatic rings. The topological polar surface area (TPSA) is 92.5 Å². The molecule has 0 heterocycles. The van der Waals surface area contributed by atoms with Gasteiger partial charge in [0.05, 0.1) is 11.5 Å². The molecule has 1 fully saturated rings. The van der Waals surface area contributed by atoms with Crippen LogP contribution in [0.15, 0.2) is 0 Å². The Morgan fingerprint density at radius 1 is 1.38 bits per heavy atom. The lowest BCUT2D eigenvalue weighted by Crippen LogP contribution is -2.69. The Morgan fingerprint density at radius 2 is 1.92 bits per heavy atom. The summed E-state index contributed by atoms with van der Waals surface area (Å²) in [5, 5.41) is 17.0. The van der Waals surface area contributed by atoms with Gasteiger partial charge in [-0.3, -0.25) is 0 Å². The van der Waals surface area contributed by atoms with Gasteiger partial charge in [-0.2, -0.15) is 0 Å². The lowest BCUT2D eigenvalue weighted by molar-refractivity contribution is -0.136. The summed E-state index contributed by atoms with van der Waals surface area (Å²) < 4.78 is 0. The van der Waals surface area contributed by atoms with Gasteiger partial charge in [-0.15, -0.1) is 11.6 Å². The molecule has 4 nitrogen and oxygen atoms in total. The maximum atomic E-state index is 9.93. The van der Waals surface area contributed by atoms with Gasteiger partial charge < -0.3 is 21.7 Å². The highest BCUT2D eigenvalue weighted by Gasteiger charge is 2.57. The molecule has 0 aromatic carbocycles. The van der Waals surface area contributed by atoms with Gasteiger partial charge in [0.2, 0.25) is 0 Å². The fourth-order valence-corrected chi connectivity index (χ4v) is 2.26. The number of rotatable bonds is 1. The zero-order valence-corrected chi connectivity index (χ0v) is 8.59. The molecule has 0 bridgehead atoms. The van der Waals surface area contributed by atoms with Crippen LogP contribution >= 0.6 is 23.2 Å². The molecule has 0 aromatic heterocycles. The van der Waals surface area contributed by atoms with Crippen molar-refractivity contribution in [2.24, 2.45) is 11.5 Å². The molecule has 1 rings (SSSR count). The average Bonchev–Trinajstić information content (AvgIpc) is 2.00. The van der Waals surface area contributed by atoms with Crippen molar-refractivity contribution >= 4 is 23.2 Å². The number of aliphatic hydroxyl groups is 2. The van der Waals surface area contributed by atoms with E-state index >= 15 is 0 Å². The number of nitrogens with two attached hydrogens (primary N) is 2. The highest BCUT2D eigenvalue weighted by molar-refractivity contribution is 6.32. The van der Waals surface area contributed by atoms with Crippen LogP contribution in [-0.4, -0.2) is 32.4 Å². The number of alkyl halides is 2. The second-order valence-electron chi connectivity index (χ2n) is 3.48. The van der Waals surface area contributed by atoms with Crippen molar-refractivity contribution in [1.29, 1.82) is 0 Å². The van der Waals surface area contributed by atoms with Crippen LogP contribution in [-0.2, 0) is 0 Å². The maximum Gasteiger partial charge on any atom is 0.186 e. The van der Waals surface area contributed by atoms with E-state index in [0.717, 1.165) is 0 Å². The quantitative estimate of drug-likeness (QED) is 0.366. The lowest BCUT2D eigenvalue weighted by Gasteiger charge is -2.47. The third-order valence-corrected chi connectivity index (χ3v) is 3.83. The van der Waals surface area contributed by atoms with E-state index in [1.165, 1.54) is 0 Å². The molecule has 3 atom stereocenters. The van der Waals surface area contributed by atoms with Crippen LogP contribution in [0.25, 0.3) is 0 Å². The van der Waals surface area contributed by atoms with Gasteiger partial charge in [0, 0.05) is 0 Å². The van der Waals surface area contributed by atoms with Crippen LogP contribution in [0.1, 0.15) is 19.3 Å². The standard InChI is InChI=1S/C7H14Cl2N2O2/c8-4-2-1-3-6(12,5(10)11)7(4,9)13/h4-5,12-13H,1-3,10-11H2. The van der Waals surface area contributed by atoms with Gasteiger partial charge in [-0.05, 0) is 19.3 Å². The van der Waals surface area contributed by atoms with Gasteiger partial charge >= 0.3 is 0 Å². The summed E-state index contributed by atoms with van der Waals surface area (Å²) in [6, 6.07) is 0. The average molecular weight is 229 g/mol. The van der Waals surface area contributed by atoms with E-state index in [-0.39, 0.29) is 6.42 Å². The monoisotopic (exact) mass is 228 g/mol. The molecule has 0 aromatic rings. The van der Waals surface area contributed by atoms with Crippen LogP contribution < -0.4 is 11.5 Å². The fourth-order valence-electron chi connectivity index (χ4n) is 1.59. The Kier molecular flexibility index (Phi) is 3.12. The summed E-state index contributed by atoms with van der Waals surface area (Å²) in [4.78, 5) is 0. The molecule has 1 saturated carbocycles. The molecule has 0 amide bonds. The zero-order chi connectivity index (χ0) is 10.3. The van der Waals surface area contributed by atoms with Crippen LogP contribution in [0.2, 0.25) is 0 Å². The van der Waals surface area contributed by atoms with Crippen LogP contribution in [0, 0.1) is 0 Å². The van der Waals surface area contributed by atoms with Crippen LogP contribution in [0.5, 0.6) is 0 Å². The number of hydrogen-bond acceptors (Lipinski definition) is 4. The highest BCUT2D eigenvalue weighted by atomic mass is 35.5. The minimum atomic E-state index is -1.94. The van der Waals surface area contributed by atoms with Crippen molar-refractivity contribution in [3.8, 4) is 0 Å². The van der Waals surface area contributed by atoms with Crippen molar-refractivity contribution in [2.75, 3.05) is 0 Å². The maximum absolute atomic E-state index is 9.93. The van der Waals surface area contributed by atoms with Crippen molar-refractivity contribution < 1.29 is 10.2 Å². The molecule has 0 radical (unpaired) electrons. The summed E-state index contributed by atoms with van der Waals surface area (Å²) in [5.41, 5.74) is 9.02. The van der Waals surface area contributed by atoms with Gasteiger partial charge in [0.1, 0.15) is 5.60 Å². The predicted octanol–water partition coefficient (Wildman–Crippen LogP) is -0.320. The largest absolute Gasteiger partial charge is 0.382 e. The van der Waals surface area contributed by atoms with Crippen molar-refractivity contribution in [1.82, 2.24) is 0 Å². The summed E-state index contributed by atoms with van der Waals surface area (Å²) in [6.45, 7) is 0. The van der Waals surface area contributed by atoms with E-state index in [1.54, 1.807) is 0 Å². The zero-order valence-electron chi connectivity index (χ0n) is 7.08. The molecule has 3 unspecified atom stereocenters. The Balaban J connectivity index is 2.95. The first-order chi connectivity index (χ1) is 5.82. The fraction of sp³-hybridized carbons (Fsp3) is 1.00. The molecule has 0 saturated heterocycles. The van der Waals surface area contributed by atoms with Crippen LogP contribution in [0.3, 0.4) is 0 Å².